The molecule has 9 nitrogen and oxygen atoms in total. The molecule has 0 radical (unpaired) electrons. The number of likely N-dealkylation sites (N-methyl/N-ethyl adjacent to an activating group) is 2. The SMILES string of the molecule is C#Cc1c(F)ccc2cccc(-c3ncc4c(N(C)[C@@H]5CCN(C(=O)OC(C)(C)C)C5)nc(OC[C@@H]5CC6(CC6)CN5C)nc4c3F)c12. The van der Waals surface area contributed by atoms with Gasteiger partial charge < -0.3 is 19.3 Å². The second kappa shape index (κ2) is 11.8. The first-order valence-electron chi connectivity index (χ1n) is 16.4. The van der Waals surface area contributed by atoms with Gasteiger partial charge in [-0.1, -0.05) is 30.2 Å². The van der Waals surface area contributed by atoms with E-state index in [0.29, 0.717) is 59.1 Å². The number of terminal acetylenes is 1. The van der Waals surface area contributed by atoms with Gasteiger partial charge in [-0.05, 0) is 70.4 Å². The van der Waals surface area contributed by atoms with Crippen LogP contribution in [0.15, 0.2) is 36.5 Å². The monoisotopic (exact) mass is 654 g/mol. The zero-order chi connectivity index (χ0) is 34.0. The Labute approximate surface area is 279 Å². The number of pyridine rings is 1. The van der Waals surface area contributed by atoms with Crippen LogP contribution in [0.2, 0.25) is 0 Å². The van der Waals surface area contributed by atoms with Crippen molar-refractivity contribution in [1.82, 2.24) is 24.8 Å². The molecule has 3 aliphatic rings. The number of carbonyl (C=O) groups is 1. The number of benzene rings is 2. The lowest BCUT2D eigenvalue weighted by atomic mass is 9.96. The molecule has 48 heavy (non-hydrogen) atoms. The van der Waals surface area contributed by atoms with Gasteiger partial charge >= 0.3 is 12.1 Å². The second-order valence-corrected chi connectivity index (χ2v) is 14.5. The van der Waals surface area contributed by atoms with Crippen LogP contribution in [0, 0.1) is 29.4 Å². The van der Waals surface area contributed by atoms with Crippen LogP contribution in [-0.2, 0) is 4.74 Å². The van der Waals surface area contributed by atoms with E-state index in [0.717, 1.165) is 13.0 Å². The van der Waals surface area contributed by atoms with Crippen molar-refractivity contribution in [2.75, 3.05) is 45.2 Å². The van der Waals surface area contributed by atoms with Crippen LogP contribution in [0.3, 0.4) is 0 Å². The molecule has 2 atom stereocenters. The molecular weight excluding hydrogens is 614 g/mol. The minimum atomic E-state index is -0.689. The minimum absolute atomic E-state index is 0.00313. The fraction of sp³-hybridized carbons (Fsp3) is 0.459. The molecule has 4 heterocycles. The molecule has 7 rings (SSSR count). The molecule has 1 saturated carbocycles. The third kappa shape index (κ3) is 5.87. The van der Waals surface area contributed by atoms with Crippen molar-refractivity contribution in [3.63, 3.8) is 0 Å². The number of amides is 1. The molecule has 11 heteroatoms. The van der Waals surface area contributed by atoms with Crippen molar-refractivity contribution in [2.24, 2.45) is 5.41 Å². The van der Waals surface area contributed by atoms with Crippen molar-refractivity contribution in [2.45, 2.75) is 64.1 Å². The Morgan fingerprint density at radius 2 is 1.98 bits per heavy atom. The number of hydrogen-bond donors (Lipinski definition) is 0. The predicted molar refractivity (Wildman–Crippen MR) is 181 cm³/mol. The van der Waals surface area contributed by atoms with Crippen LogP contribution in [0.4, 0.5) is 19.4 Å². The van der Waals surface area contributed by atoms with E-state index >= 15 is 4.39 Å². The lowest BCUT2D eigenvalue weighted by Gasteiger charge is -2.28. The van der Waals surface area contributed by atoms with Crippen molar-refractivity contribution in [1.29, 1.82) is 0 Å². The predicted octanol–water partition coefficient (Wildman–Crippen LogP) is 6.41. The van der Waals surface area contributed by atoms with E-state index < -0.39 is 17.2 Å². The Morgan fingerprint density at radius 3 is 2.69 bits per heavy atom. The normalized spacial score (nSPS) is 20.4. The number of hydrogen-bond acceptors (Lipinski definition) is 8. The number of halogens is 2. The maximum Gasteiger partial charge on any atom is 0.410 e. The van der Waals surface area contributed by atoms with Gasteiger partial charge in [-0.15, -0.1) is 6.42 Å². The number of carbonyl (C=O) groups excluding carboxylic acids is 1. The van der Waals surface area contributed by atoms with E-state index in [1.165, 1.54) is 18.9 Å². The molecule has 4 aromatic rings. The molecule has 1 amide bonds. The molecule has 0 N–H and O–H groups in total. The quantitative estimate of drug-likeness (QED) is 0.221. The molecule has 0 unspecified atom stereocenters. The summed E-state index contributed by atoms with van der Waals surface area (Å²) in [6, 6.07) is 8.30. The highest BCUT2D eigenvalue weighted by molar-refractivity contribution is 6.02. The van der Waals surface area contributed by atoms with Gasteiger partial charge in [0.05, 0.1) is 10.9 Å². The fourth-order valence-electron chi connectivity index (χ4n) is 7.23. The lowest BCUT2D eigenvalue weighted by molar-refractivity contribution is 0.0292. The highest BCUT2D eigenvalue weighted by Gasteiger charge is 2.50. The Kier molecular flexibility index (Phi) is 7.90. The Hall–Kier alpha value is -4.56. The summed E-state index contributed by atoms with van der Waals surface area (Å²) in [7, 11) is 3.97. The van der Waals surface area contributed by atoms with Crippen molar-refractivity contribution < 1.29 is 23.0 Å². The maximum atomic E-state index is 16.8. The van der Waals surface area contributed by atoms with Crippen LogP contribution in [-0.4, -0.2) is 88.9 Å². The van der Waals surface area contributed by atoms with Gasteiger partial charge in [0, 0.05) is 55.9 Å². The highest BCUT2D eigenvalue weighted by atomic mass is 19.1. The average Bonchev–Trinajstić information content (AvgIpc) is 3.46. The summed E-state index contributed by atoms with van der Waals surface area (Å²) in [4.78, 5) is 32.7. The standard InChI is InChI=1S/C37H40F2N6O3/c1-7-25-28(38)12-11-22-9-8-10-26(29(22)25)31-30(39)32-27(18-40-31)33(44(6)23-13-16-45(19-23)35(46)48-36(2,3)4)42-34(41-32)47-20-24-17-37(14-15-37)21-43(24)5/h1,8-12,18,23-24H,13-17,19-21H2,2-6H3/t23-,24+/m1/s1. The molecule has 2 aromatic heterocycles. The maximum absolute atomic E-state index is 16.8. The van der Waals surface area contributed by atoms with Crippen molar-refractivity contribution >= 4 is 33.6 Å². The van der Waals surface area contributed by atoms with Gasteiger partial charge in [0.15, 0.2) is 5.82 Å². The largest absolute Gasteiger partial charge is 0.462 e. The Bertz CT molecular complexity index is 1970. The van der Waals surface area contributed by atoms with E-state index in [-0.39, 0.29) is 41.0 Å². The van der Waals surface area contributed by atoms with E-state index in [1.807, 2.05) is 32.7 Å². The Morgan fingerprint density at radius 1 is 1.19 bits per heavy atom. The highest BCUT2D eigenvalue weighted by Crippen LogP contribution is 2.54. The number of aromatic nitrogens is 3. The topological polar surface area (TPSA) is 83.9 Å². The number of fused-ring (bicyclic) bond motifs is 2. The van der Waals surface area contributed by atoms with Gasteiger partial charge in [0.1, 0.15) is 35.1 Å². The summed E-state index contributed by atoms with van der Waals surface area (Å²) in [6.45, 7) is 7.85. The molecular formula is C37H40F2N6O3. The van der Waals surface area contributed by atoms with E-state index in [2.05, 4.69) is 27.8 Å². The van der Waals surface area contributed by atoms with E-state index in [4.69, 9.17) is 20.9 Å². The van der Waals surface area contributed by atoms with Crippen molar-refractivity contribution in [3.05, 3.63) is 53.7 Å². The van der Waals surface area contributed by atoms with Crippen LogP contribution in [0.5, 0.6) is 6.01 Å². The molecule has 250 valence electrons. The van der Waals surface area contributed by atoms with E-state index in [1.54, 1.807) is 35.4 Å². The van der Waals surface area contributed by atoms with Crippen LogP contribution >= 0.6 is 0 Å². The molecule has 2 aliphatic heterocycles. The molecule has 1 aliphatic carbocycles. The number of likely N-dealkylation sites (tertiary alicyclic amines) is 2. The Balaban J connectivity index is 1.28. The number of anilines is 1. The molecule has 2 aromatic carbocycles. The molecule has 3 fully saturated rings. The number of ether oxygens (including phenoxy) is 2. The average molecular weight is 655 g/mol. The summed E-state index contributed by atoms with van der Waals surface area (Å²) in [5, 5.41) is 1.46. The number of rotatable bonds is 6. The molecule has 0 bridgehead atoms. The summed E-state index contributed by atoms with van der Waals surface area (Å²) in [5.41, 5.74) is 0.214. The van der Waals surface area contributed by atoms with Crippen LogP contribution in [0.1, 0.15) is 52.0 Å². The summed E-state index contributed by atoms with van der Waals surface area (Å²) in [5.74, 6) is 1.62. The molecule has 2 saturated heterocycles. The van der Waals surface area contributed by atoms with Crippen LogP contribution < -0.4 is 9.64 Å². The van der Waals surface area contributed by atoms with Gasteiger partial charge in [-0.2, -0.15) is 9.97 Å². The fourth-order valence-corrected chi connectivity index (χ4v) is 7.23. The van der Waals surface area contributed by atoms with Gasteiger partial charge in [-0.25, -0.2) is 13.6 Å². The first-order chi connectivity index (χ1) is 22.9. The van der Waals surface area contributed by atoms with Gasteiger partial charge in [0.2, 0.25) is 0 Å². The van der Waals surface area contributed by atoms with Crippen LogP contribution in [0.25, 0.3) is 32.9 Å². The summed E-state index contributed by atoms with van der Waals surface area (Å²) in [6.07, 6.45) is 11.1. The number of nitrogens with zero attached hydrogens (tertiary/aromatic N) is 6. The zero-order valence-corrected chi connectivity index (χ0v) is 28.0. The molecule has 1 spiro atoms. The first-order valence-corrected chi connectivity index (χ1v) is 16.4. The zero-order valence-electron chi connectivity index (χ0n) is 28.0. The van der Waals surface area contributed by atoms with Crippen molar-refractivity contribution in [3.8, 4) is 29.6 Å². The minimum Gasteiger partial charge on any atom is -0.462 e. The summed E-state index contributed by atoms with van der Waals surface area (Å²) < 4.78 is 43.5. The third-order valence-corrected chi connectivity index (χ3v) is 9.97. The lowest BCUT2D eigenvalue weighted by Crippen LogP contribution is -2.39. The van der Waals surface area contributed by atoms with Gasteiger partial charge in [-0.3, -0.25) is 9.88 Å². The van der Waals surface area contributed by atoms with E-state index in [9.17, 15) is 9.18 Å². The first kappa shape index (κ1) is 32.0. The third-order valence-electron chi connectivity index (χ3n) is 9.97. The summed E-state index contributed by atoms with van der Waals surface area (Å²) >= 11 is 0. The smallest absolute Gasteiger partial charge is 0.410 e. The second-order valence-electron chi connectivity index (χ2n) is 14.5. The van der Waals surface area contributed by atoms with Gasteiger partial charge in [0.25, 0.3) is 0 Å².